The first kappa shape index (κ1) is 24.1. The van der Waals surface area contributed by atoms with Crippen LogP contribution in [-0.4, -0.2) is 15.9 Å². The summed E-state index contributed by atoms with van der Waals surface area (Å²) >= 11 is 0. The molecule has 5 nitrogen and oxygen atoms in total. The number of carbonyl (C=O) groups excluding carboxylic acids is 1. The van der Waals surface area contributed by atoms with Crippen molar-refractivity contribution in [2.45, 2.75) is 13.1 Å². The molecule has 2 heterocycles. The standard InChI is InChI=1S/C29H24N4O.ClH/c30-18-20-11-13-22(14-12-20)28-24(21-7-3-1-4-8-21)17-25-26(33-28)15-16-31-27(25)19-32-29(34)23-9-5-2-6-10-23;/h1-17H,18-19,30H2,(H,32,34);1H. The molecule has 0 atom stereocenters. The molecule has 0 aliphatic carbocycles. The molecule has 0 saturated heterocycles. The Kier molecular flexibility index (Phi) is 7.51. The maximum Gasteiger partial charge on any atom is 0.251 e. The van der Waals surface area contributed by atoms with Crippen molar-refractivity contribution in [2.75, 3.05) is 0 Å². The second kappa shape index (κ2) is 10.9. The van der Waals surface area contributed by atoms with Crippen LogP contribution in [0.4, 0.5) is 0 Å². The Morgan fingerprint density at radius 2 is 1.51 bits per heavy atom. The highest BCUT2D eigenvalue weighted by Gasteiger charge is 2.15. The summed E-state index contributed by atoms with van der Waals surface area (Å²) in [6.45, 7) is 1.07. The van der Waals surface area contributed by atoms with Gasteiger partial charge in [-0.15, -0.1) is 0 Å². The van der Waals surface area contributed by atoms with Crippen molar-refractivity contribution in [1.29, 1.82) is 0 Å². The molecular formula is C29H25ClN4O. The van der Waals surface area contributed by atoms with Gasteiger partial charge >= 0.3 is 0 Å². The molecule has 5 aromatic rings. The number of hydrogen-bond acceptors (Lipinski definition) is 3. The number of nitrogens with zero attached hydrogens (tertiary/aromatic N) is 2. The molecule has 0 aliphatic heterocycles. The molecule has 0 saturated carbocycles. The molecule has 35 heavy (non-hydrogen) atoms. The Labute approximate surface area is 210 Å². The summed E-state index contributed by atoms with van der Waals surface area (Å²) in [6.07, 6.45) is 1.75. The van der Waals surface area contributed by atoms with Crippen LogP contribution in [0.3, 0.4) is 0 Å². The summed E-state index contributed by atoms with van der Waals surface area (Å²) in [6, 6.07) is 31.9. The van der Waals surface area contributed by atoms with Crippen molar-refractivity contribution in [3.05, 3.63) is 120 Å². The monoisotopic (exact) mass is 480 g/mol. The van der Waals surface area contributed by atoms with Crippen molar-refractivity contribution < 1.29 is 22.9 Å². The molecule has 0 fully saturated rings. The lowest BCUT2D eigenvalue weighted by atomic mass is 9.96. The van der Waals surface area contributed by atoms with E-state index in [0.717, 1.165) is 45.5 Å². The van der Waals surface area contributed by atoms with Crippen molar-refractivity contribution in [3.8, 4) is 22.4 Å². The molecular weight excluding hydrogens is 456 g/mol. The highest BCUT2D eigenvalue weighted by atomic mass is 35.5. The van der Waals surface area contributed by atoms with Gasteiger partial charge in [0.15, 0.2) is 0 Å². The van der Waals surface area contributed by atoms with Crippen LogP contribution in [0.25, 0.3) is 33.3 Å². The van der Waals surface area contributed by atoms with Crippen LogP contribution in [0.15, 0.2) is 103 Å². The minimum absolute atomic E-state index is 0. The van der Waals surface area contributed by atoms with Gasteiger partial charge in [-0.05, 0) is 29.8 Å². The second-order valence-corrected chi connectivity index (χ2v) is 8.07. The van der Waals surface area contributed by atoms with Crippen LogP contribution in [0.1, 0.15) is 21.6 Å². The predicted octanol–water partition coefficient (Wildman–Crippen LogP) is 1.64. The minimum atomic E-state index is -0.127. The van der Waals surface area contributed by atoms with Crippen LogP contribution in [0.2, 0.25) is 0 Å². The largest absolute Gasteiger partial charge is 1.00 e. The smallest absolute Gasteiger partial charge is 0.251 e. The first-order chi connectivity index (χ1) is 16.7. The van der Waals surface area contributed by atoms with E-state index < -0.39 is 0 Å². The number of aromatic nitrogens is 2. The molecule has 174 valence electrons. The molecule has 1 amide bonds. The Morgan fingerprint density at radius 1 is 0.829 bits per heavy atom. The third-order valence-corrected chi connectivity index (χ3v) is 5.88. The number of halogens is 1. The van der Waals surface area contributed by atoms with Crippen LogP contribution in [0.5, 0.6) is 0 Å². The van der Waals surface area contributed by atoms with E-state index in [1.807, 2.05) is 42.5 Å². The van der Waals surface area contributed by atoms with Crippen molar-refractivity contribution in [1.82, 2.24) is 15.3 Å². The Bertz CT molecular complexity index is 1440. The number of benzene rings is 3. The first-order valence-electron chi connectivity index (χ1n) is 11.3. The maximum absolute atomic E-state index is 12.6. The molecule has 3 aromatic carbocycles. The average molecular weight is 481 g/mol. The summed E-state index contributed by atoms with van der Waals surface area (Å²) < 4.78 is 0. The van der Waals surface area contributed by atoms with E-state index in [0.29, 0.717) is 12.1 Å². The lowest BCUT2D eigenvalue weighted by Crippen LogP contribution is -3.00. The zero-order chi connectivity index (χ0) is 23.3. The summed E-state index contributed by atoms with van der Waals surface area (Å²) in [5.74, 6) is -0.127. The highest BCUT2D eigenvalue weighted by Crippen LogP contribution is 2.34. The van der Waals surface area contributed by atoms with Crippen molar-refractivity contribution in [2.24, 2.45) is 0 Å². The second-order valence-electron chi connectivity index (χ2n) is 8.07. The number of carbonyl (C=O) groups is 1. The van der Waals surface area contributed by atoms with Crippen LogP contribution < -0.4 is 23.5 Å². The number of rotatable bonds is 6. The topological polar surface area (TPSA) is 82.5 Å². The van der Waals surface area contributed by atoms with Crippen LogP contribution >= 0.6 is 0 Å². The highest BCUT2D eigenvalue weighted by molar-refractivity contribution is 5.95. The molecule has 0 bridgehead atoms. The number of quaternary nitrogens is 1. The third-order valence-electron chi connectivity index (χ3n) is 5.88. The fourth-order valence-electron chi connectivity index (χ4n) is 4.04. The third kappa shape index (κ3) is 5.22. The lowest BCUT2D eigenvalue weighted by molar-refractivity contribution is -0.386. The fourth-order valence-corrected chi connectivity index (χ4v) is 4.04. The van der Waals surface area contributed by atoms with E-state index in [1.165, 1.54) is 5.56 Å². The number of fused-ring (bicyclic) bond motifs is 1. The van der Waals surface area contributed by atoms with E-state index in [4.69, 9.17) is 4.98 Å². The van der Waals surface area contributed by atoms with E-state index in [9.17, 15) is 4.79 Å². The zero-order valence-electron chi connectivity index (χ0n) is 19.1. The van der Waals surface area contributed by atoms with Gasteiger partial charge in [0.25, 0.3) is 5.91 Å². The van der Waals surface area contributed by atoms with Crippen molar-refractivity contribution in [3.63, 3.8) is 0 Å². The maximum atomic E-state index is 12.6. The molecule has 0 unspecified atom stereocenters. The molecule has 0 spiro atoms. The van der Waals surface area contributed by atoms with E-state index in [-0.39, 0.29) is 18.3 Å². The fraction of sp³-hybridized carbons (Fsp3) is 0.0690. The number of amides is 1. The van der Waals surface area contributed by atoms with Crippen molar-refractivity contribution >= 4 is 16.8 Å². The van der Waals surface area contributed by atoms with Gasteiger partial charge in [0.1, 0.15) is 0 Å². The number of nitrogens with one attached hydrogen (secondary N) is 1. The van der Waals surface area contributed by atoms with Gasteiger partial charge in [-0.2, -0.15) is 0 Å². The van der Waals surface area contributed by atoms with E-state index in [2.05, 4.69) is 58.5 Å². The van der Waals surface area contributed by atoms with E-state index >= 15 is 0 Å². The molecule has 0 radical (unpaired) electrons. The van der Waals surface area contributed by atoms with Crippen LogP contribution in [-0.2, 0) is 13.1 Å². The number of hydrogen-bond donors (Lipinski definition) is 2. The number of pyridine rings is 2. The summed E-state index contributed by atoms with van der Waals surface area (Å²) in [4.78, 5) is 22.2. The van der Waals surface area contributed by atoms with Gasteiger partial charge in [0.2, 0.25) is 0 Å². The summed E-state index contributed by atoms with van der Waals surface area (Å²) in [5.41, 5.74) is 11.5. The van der Waals surface area contributed by atoms with Crippen LogP contribution in [0, 0.1) is 0 Å². The Hall–Kier alpha value is -4.06. The van der Waals surface area contributed by atoms with Gasteiger partial charge in [-0.25, -0.2) is 4.98 Å². The average Bonchev–Trinajstić information content (AvgIpc) is 2.92. The van der Waals surface area contributed by atoms with Gasteiger partial charge in [-0.3, -0.25) is 9.78 Å². The minimum Gasteiger partial charge on any atom is -1.00 e. The Balaban J connectivity index is 0.00000289. The van der Waals surface area contributed by atoms with Gasteiger partial charge in [-0.1, -0.05) is 72.8 Å². The SMILES string of the molecule is [Cl-].[NH3+]Cc1ccc(-c2nc3ccnc(CNC(=O)c4ccccc4)c3cc2-c2ccccc2)cc1. The molecule has 2 aromatic heterocycles. The van der Waals surface area contributed by atoms with E-state index in [1.54, 1.807) is 18.3 Å². The summed E-state index contributed by atoms with van der Waals surface area (Å²) in [7, 11) is 0. The molecule has 6 heteroatoms. The summed E-state index contributed by atoms with van der Waals surface area (Å²) in [5, 5.41) is 3.91. The zero-order valence-corrected chi connectivity index (χ0v) is 19.9. The first-order valence-corrected chi connectivity index (χ1v) is 11.3. The Morgan fingerprint density at radius 3 is 2.20 bits per heavy atom. The molecule has 5 rings (SSSR count). The van der Waals surface area contributed by atoms with Gasteiger partial charge < -0.3 is 23.5 Å². The lowest BCUT2D eigenvalue weighted by Gasteiger charge is -2.14. The normalized spacial score (nSPS) is 10.5. The molecule has 4 N–H and O–H groups in total. The van der Waals surface area contributed by atoms with Gasteiger partial charge in [0.05, 0.1) is 30.0 Å². The van der Waals surface area contributed by atoms with Gasteiger partial charge in [0, 0.05) is 33.8 Å². The molecule has 0 aliphatic rings. The predicted molar refractivity (Wildman–Crippen MR) is 135 cm³/mol. The quantitative estimate of drug-likeness (QED) is 0.387.